The van der Waals surface area contributed by atoms with Crippen molar-refractivity contribution >= 4 is 50.4 Å². The fraction of sp³-hybridized carbons (Fsp3) is 0.500. The Morgan fingerprint density at radius 2 is 2.28 bits per heavy atom. The molecule has 1 unspecified atom stereocenters. The van der Waals surface area contributed by atoms with Gasteiger partial charge in [0.05, 0.1) is 4.92 Å². The number of thiophene rings is 1. The smallest absolute Gasteiger partial charge is 0.258 e. The molecule has 1 aromatic rings. The van der Waals surface area contributed by atoms with Gasteiger partial charge in [0.15, 0.2) is 4.34 Å². The van der Waals surface area contributed by atoms with E-state index in [1.165, 1.54) is 11.8 Å². The molecule has 0 aliphatic carbocycles. The van der Waals surface area contributed by atoms with E-state index in [0.717, 1.165) is 6.07 Å². The normalized spacial score (nSPS) is 13.5. The van der Waals surface area contributed by atoms with Gasteiger partial charge >= 0.3 is 0 Å². The SMILES string of the molecule is CSC(C)CNS(=O)(=O)c1cc([N+](=O)[O-])c(Cl)s1. The number of hydrogen-bond acceptors (Lipinski definition) is 6. The lowest BCUT2D eigenvalue weighted by atomic mass is 10.5. The Hall–Kier alpha value is -0.350. The van der Waals surface area contributed by atoms with Crippen molar-refractivity contribution in [3.05, 3.63) is 20.5 Å². The van der Waals surface area contributed by atoms with E-state index in [4.69, 9.17) is 11.6 Å². The predicted octanol–water partition coefficient (Wildman–Crippen LogP) is 2.34. The van der Waals surface area contributed by atoms with Gasteiger partial charge in [-0.3, -0.25) is 10.1 Å². The van der Waals surface area contributed by atoms with Gasteiger partial charge < -0.3 is 0 Å². The number of thioether (sulfide) groups is 1. The second-order valence-electron chi connectivity index (χ2n) is 3.38. The molecule has 0 saturated carbocycles. The molecule has 0 aliphatic heterocycles. The van der Waals surface area contributed by atoms with Crippen molar-refractivity contribution in [2.75, 3.05) is 12.8 Å². The van der Waals surface area contributed by atoms with Crippen LogP contribution in [0.25, 0.3) is 0 Å². The zero-order valence-electron chi connectivity index (χ0n) is 9.54. The topological polar surface area (TPSA) is 89.3 Å². The third-order valence-corrected chi connectivity index (χ3v) is 6.28. The van der Waals surface area contributed by atoms with Gasteiger partial charge in [0.2, 0.25) is 10.0 Å². The first-order valence-electron chi connectivity index (χ1n) is 4.74. The second-order valence-corrected chi connectivity index (χ2v) is 8.30. The molecular formula is C8H11ClN2O4S3. The highest BCUT2D eigenvalue weighted by Gasteiger charge is 2.25. The largest absolute Gasteiger partial charge is 0.300 e. The maximum atomic E-state index is 11.8. The Bertz CT molecular complexity index is 543. The van der Waals surface area contributed by atoms with Crippen molar-refractivity contribution in [2.24, 2.45) is 0 Å². The number of nitrogens with one attached hydrogen (secondary N) is 1. The number of rotatable bonds is 6. The standard InChI is InChI=1S/C8H11ClN2O4S3/c1-5(16-2)4-10-18(14,15)7-3-6(11(12)13)8(9)17-7/h3,5,10H,4H2,1-2H3. The van der Waals surface area contributed by atoms with Crippen LogP contribution in [0.5, 0.6) is 0 Å². The lowest BCUT2D eigenvalue weighted by Gasteiger charge is -2.08. The van der Waals surface area contributed by atoms with E-state index in [1.807, 2.05) is 13.2 Å². The molecule has 102 valence electrons. The molecule has 10 heteroatoms. The summed E-state index contributed by atoms with van der Waals surface area (Å²) in [4.78, 5) is 9.88. The molecule has 1 N–H and O–H groups in total. The maximum Gasteiger partial charge on any atom is 0.300 e. The molecule has 0 saturated heterocycles. The highest BCUT2D eigenvalue weighted by Crippen LogP contribution is 2.36. The minimum absolute atomic E-state index is 0.116. The van der Waals surface area contributed by atoms with Crippen molar-refractivity contribution < 1.29 is 13.3 Å². The molecule has 0 spiro atoms. The van der Waals surface area contributed by atoms with Crippen molar-refractivity contribution in [1.29, 1.82) is 0 Å². The zero-order chi connectivity index (χ0) is 13.9. The molecule has 0 bridgehead atoms. The van der Waals surface area contributed by atoms with E-state index >= 15 is 0 Å². The highest BCUT2D eigenvalue weighted by molar-refractivity contribution is 7.99. The first-order valence-corrected chi connectivity index (χ1v) is 8.70. The minimum Gasteiger partial charge on any atom is -0.258 e. The molecular weight excluding hydrogens is 320 g/mol. The van der Waals surface area contributed by atoms with E-state index < -0.39 is 14.9 Å². The van der Waals surface area contributed by atoms with Gasteiger partial charge in [0.1, 0.15) is 4.21 Å². The number of halogens is 1. The molecule has 0 radical (unpaired) electrons. The second kappa shape index (κ2) is 6.20. The highest BCUT2D eigenvalue weighted by atomic mass is 35.5. The monoisotopic (exact) mass is 330 g/mol. The summed E-state index contributed by atoms with van der Waals surface area (Å²) in [6, 6.07) is 0.971. The van der Waals surface area contributed by atoms with Crippen molar-refractivity contribution in [3.8, 4) is 0 Å². The lowest BCUT2D eigenvalue weighted by molar-refractivity contribution is -0.384. The molecule has 0 aromatic carbocycles. The molecule has 1 rings (SSSR count). The molecule has 6 nitrogen and oxygen atoms in total. The van der Waals surface area contributed by atoms with Crippen LogP contribution in [0.3, 0.4) is 0 Å². The summed E-state index contributed by atoms with van der Waals surface area (Å²) < 4.78 is 25.8. The van der Waals surface area contributed by atoms with Gasteiger partial charge in [-0.1, -0.05) is 18.5 Å². The van der Waals surface area contributed by atoms with E-state index in [2.05, 4.69) is 4.72 Å². The molecule has 0 aliphatic rings. The molecule has 1 atom stereocenters. The summed E-state index contributed by atoms with van der Waals surface area (Å²) in [5, 5.41) is 10.7. The Kier molecular flexibility index (Phi) is 5.41. The van der Waals surface area contributed by atoms with Crippen LogP contribution in [-0.4, -0.2) is 31.4 Å². The first kappa shape index (κ1) is 15.7. The summed E-state index contributed by atoms with van der Waals surface area (Å²) in [5.41, 5.74) is -0.389. The molecule has 1 heterocycles. The van der Waals surface area contributed by atoms with Gasteiger partial charge in [0, 0.05) is 17.9 Å². The fourth-order valence-electron chi connectivity index (χ4n) is 0.977. The van der Waals surface area contributed by atoms with Crippen molar-refractivity contribution in [2.45, 2.75) is 16.4 Å². The van der Waals surface area contributed by atoms with Crippen molar-refractivity contribution in [1.82, 2.24) is 4.72 Å². The van der Waals surface area contributed by atoms with E-state index in [0.29, 0.717) is 11.3 Å². The molecule has 18 heavy (non-hydrogen) atoms. The van der Waals surface area contributed by atoms with Crippen LogP contribution in [0.1, 0.15) is 6.92 Å². The van der Waals surface area contributed by atoms with Gasteiger partial charge in [-0.2, -0.15) is 11.8 Å². The van der Waals surface area contributed by atoms with Gasteiger partial charge in [-0.15, -0.1) is 11.3 Å². The molecule has 0 amide bonds. The zero-order valence-corrected chi connectivity index (χ0v) is 12.8. The predicted molar refractivity (Wildman–Crippen MR) is 74.1 cm³/mol. The van der Waals surface area contributed by atoms with E-state index in [1.54, 1.807) is 0 Å². The van der Waals surface area contributed by atoms with E-state index in [-0.39, 0.29) is 26.0 Å². The summed E-state index contributed by atoms with van der Waals surface area (Å²) >= 11 is 7.81. The van der Waals surface area contributed by atoms with Crippen LogP contribution in [0.2, 0.25) is 4.34 Å². The van der Waals surface area contributed by atoms with Crippen LogP contribution in [0.15, 0.2) is 10.3 Å². The lowest BCUT2D eigenvalue weighted by Crippen LogP contribution is -2.28. The fourth-order valence-corrected chi connectivity index (χ4v) is 4.17. The maximum absolute atomic E-state index is 11.8. The number of sulfonamides is 1. The number of nitrogens with zero attached hydrogens (tertiary/aromatic N) is 1. The summed E-state index contributed by atoms with van der Waals surface area (Å²) in [5.74, 6) is 0. The van der Waals surface area contributed by atoms with Crippen LogP contribution >= 0.6 is 34.7 Å². The van der Waals surface area contributed by atoms with Crippen LogP contribution in [0, 0.1) is 10.1 Å². The van der Waals surface area contributed by atoms with Gasteiger partial charge in [-0.05, 0) is 6.26 Å². The summed E-state index contributed by atoms with van der Waals surface area (Å²) in [6.45, 7) is 2.13. The van der Waals surface area contributed by atoms with Gasteiger partial charge in [-0.25, -0.2) is 13.1 Å². The van der Waals surface area contributed by atoms with Crippen LogP contribution < -0.4 is 4.72 Å². The third kappa shape index (κ3) is 3.82. The average molecular weight is 331 g/mol. The first-order chi connectivity index (χ1) is 8.27. The number of hydrogen-bond donors (Lipinski definition) is 1. The van der Waals surface area contributed by atoms with E-state index in [9.17, 15) is 18.5 Å². The van der Waals surface area contributed by atoms with Crippen LogP contribution in [-0.2, 0) is 10.0 Å². The number of nitro groups is 1. The molecule has 1 aromatic heterocycles. The Labute approximate surface area is 118 Å². The molecule has 0 fully saturated rings. The van der Waals surface area contributed by atoms with Crippen molar-refractivity contribution in [3.63, 3.8) is 0 Å². The summed E-state index contributed by atoms with van der Waals surface area (Å²) in [7, 11) is -3.73. The Morgan fingerprint density at radius 1 is 1.67 bits per heavy atom. The minimum atomic E-state index is -3.73. The third-order valence-electron chi connectivity index (χ3n) is 2.07. The average Bonchev–Trinajstić information content (AvgIpc) is 2.69. The Balaban J connectivity index is 2.92. The Morgan fingerprint density at radius 3 is 2.72 bits per heavy atom. The van der Waals surface area contributed by atoms with Crippen LogP contribution in [0.4, 0.5) is 5.69 Å². The quantitative estimate of drug-likeness (QED) is 0.638. The van der Waals surface area contributed by atoms with Gasteiger partial charge in [0.25, 0.3) is 5.69 Å². The summed E-state index contributed by atoms with van der Waals surface area (Å²) in [6.07, 6.45) is 1.87.